The van der Waals surface area contributed by atoms with Crippen molar-refractivity contribution >= 4 is 42.8 Å². The van der Waals surface area contributed by atoms with E-state index in [9.17, 15) is 4.79 Å². The van der Waals surface area contributed by atoms with Crippen LogP contribution in [0.4, 0.5) is 0 Å². The zero-order valence-electron chi connectivity index (χ0n) is 7.17. The molecule has 1 aromatic carbocycles. The van der Waals surface area contributed by atoms with Gasteiger partial charge in [-0.2, -0.15) is 0 Å². The van der Waals surface area contributed by atoms with Crippen molar-refractivity contribution in [2.24, 2.45) is 0 Å². The number of aryl methyl sites for hydroxylation is 1. The maximum absolute atomic E-state index is 11.7. The second kappa shape index (κ2) is 3.47. The number of nitrogens with zero attached hydrogens (tertiary/aromatic N) is 1. The predicted octanol–water partition coefficient (Wildman–Crippen LogP) is 3.02. The topological polar surface area (TPSA) is 43.1 Å². The second-order valence-corrected chi connectivity index (χ2v) is 4.63. The highest BCUT2D eigenvalue weighted by molar-refractivity contribution is 9.11. The first-order chi connectivity index (χ1) is 6.59. The molecule has 0 N–H and O–H groups in total. The van der Waals surface area contributed by atoms with Gasteiger partial charge in [0.15, 0.2) is 0 Å². The average molecular weight is 319 g/mol. The second-order valence-electron chi connectivity index (χ2n) is 2.86. The Labute approximate surface area is 96.4 Å². The molecule has 1 heterocycles. The Hall–Kier alpha value is -0.680. The van der Waals surface area contributed by atoms with Crippen molar-refractivity contribution in [3.8, 4) is 0 Å². The number of hydrogen-bond donors (Lipinski definition) is 0. The van der Waals surface area contributed by atoms with Crippen molar-refractivity contribution in [3.05, 3.63) is 37.0 Å². The maximum Gasteiger partial charge on any atom is 0.238 e. The van der Waals surface area contributed by atoms with Crippen LogP contribution in [0.25, 0.3) is 11.0 Å². The average Bonchev–Trinajstić information content (AvgIpc) is 2.42. The van der Waals surface area contributed by atoms with E-state index in [1.165, 1.54) is 0 Å². The summed E-state index contributed by atoms with van der Waals surface area (Å²) < 4.78 is 6.22. The fourth-order valence-electron chi connectivity index (χ4n) is 1.19. The summed E-state index contributed by atoms with van der Waals surface area (Å²) in [5, 5.41) is 4.48. The maximum atomic E-state index is 11.7. The van der Waals surface area contributed by atoms with Crippen molar-refractivity contribution < 1.29 is 4.52 Å². The Morgan fingerprint density at radius 1 is 1.36 bits per heavy atom. The number of aromatic nitrogens is 1. The monoisotopic (exact) mass is 317 g/mol. The van der Waals surface area contributed by atoms with Crippen molar-refractivity contribution in [1.29, 1.82) is 0 Å². The standard InChI is InChI=1S/C9H5Br2NO2/c1-4-6-2-5(10)3-7(11)8(13)9(6)14-12-4/h2-3H,1H3. The first-order valence-corrected chi connectivity index (χ1v) is 5.43. The van der Waals surface area contributed by atoms with Crippen LogP contribution in [-0.4, -0.2) is 5.16 Å². The molecular formula is C9H5Br2NO2. The Balaban J connectivity index is 3.09. The molecule has 14 heavy (non-hydrogen) atoms. The summed E-state index contributed by atoms with van der Waals surface area (Å²) in [6.45, 7) is 1.80. The molecule has 0 aliphatic heterocycles. The van der Waals surface area contributed by atoms with Crippen LogP contribution in [0, 0.1) is 6.92 Å². The van der Waals surface area contributed by atoms with Crippen LogP contribution in [0.5, 0.6) is 0 Å². The number of halogens is 2. The normalized spacial score (nSPS) is 10.8. The van der Waals surface area contributed by atoms with E-state index in [0.29, 0.717) is 10.2 Å². The lowest BCUT2D eigenvalue weighted by Gasteiger charge is -1.80. The molecule has 3 nitrogen and oxygen atoms in total. The molecule has 0 unspecified atom stereocenters. The minimum Gasteiger partial charge on any atom is -0.352 e. The van der Waals surface area contributed by atoms with Crippen molar-refractivity contribution in [3.63, 3.8) is 0 Å². The molecule has 0 aliphatic carbocycles. The van der Waals surface area contributed by atoms with E-state index in [-0.39, 0.29) is 11.0 Å². The molecule has 0 spiro atoms. The van der Waals surface area contributed by atoms with Crippen LogP contribution in [-0.2, 0) is 0 Å². The number of rotatable bonds is 0. The molecule has 0 amide bonds. The fourth-order valence-corrected chi connectivity index (χ4v) is 2.38. The largest absolute Gasteiger partial charge is 0.352 e. The van der Waals surface area contributed by atoms with Gasteiger partial charge in [0.05, 0.1) is 10.2 Å². The Morgan fingerprint density at radius 2 is 2.07 bits per heavy atom. The van der Waals surface area contributed by atoms with E-state index < -0.39 is 0 Å². The molecule has 0 aliphatic rings. The minimum absolute atomic E-state index is 0.189. The van der Waals surface area contributed by atoms with Gasteiger partial charge in [-0.15, -0.1) is 0 Å². The summed E-state index contributed by atoms with van der Waals surface area (Å²) in [6, 6.07) is 3.50. The van der Waals surface area contributed by atoms with E-state index in [1.807, 2.05) is 6.07 Å². The third-order valence-corrected chi connectivity index (χ3v) is 2.93. The highest BCUT2D eigenvalue weighted by Gasteiger charge is 2.09. The van der Waals surface area contributed by atoms with Gasteiger partial charge in [0.1, 0.15) is 0 Å². The molecule has 2 aromatic rings. The number of hydrogen-bond acceptors (Lipinski definition) is 3. The summed E-state index contributed by atoms with van der Waals surface area (Å²) in [5.74, 6) is 0. The summed E-state index contributed by atoms with van der Waals surface area (Å²) >= 11 is 6.50. The van der Waals surface area contributed by atoms with Gasteiger partial charge in [0, 0.05) is 9.86 Å². The predicted molar refractivity (Wildman–Crippen MR) is 60.4 cm³/mol. The minimum atomic E-state index is -0.189. The lowest BCUT2D eigenvalue weighted by Crippen LogP contribution is -1.96. The smallest absolute Gasteiger partial charge is 0.238 e. The zero-order chi connectivity index (χ0) is 10.3. The molecule has 0 atom stereocenters. The third kappa shape index (κ3) is 1.50. The Bertz CT molecular complexity index is 562. The molecular weight excluding hydrogens is 314 g/mol. The quantitative estimate of drug-likeness (QED) is 0.750. The van der Waals surface area contributed by atoms with E-state index in [4.69, 9.17) is 4.52 Å². The van der Waals surface area contributed by atoms with Crippen LogP contribution in [0.1, 0.15) is 5.69 Å². The van der Waals surface area contributed by atoms with Crippen molar-refractivity contribution in [2.45, 2.75) is 6.92 Å². The van der Waals surface area contributed by atoms with Gasteiger partial charge in [-0.05, 0) is 35.0 Å². The van der Waals surface area contributed by atoms with Gasteiger partial charge < -0.3 is 4.52 Å². The van der Waals surface area contributed by atoms with Crippen molar-refractivity contribution in [1.82, 2.24) is 5.16 Å². The molecule has 5 heteroatoms. The molecule has 2 rings (SSSR count). The number of fused-ring (bicyclic) bond motifs is 1. The summed E-state index contributed by atoms with van der Waals surface area (Å²) in [4.78, 5) is 11.7. The summed E-state index contributed by atoms with van der Waals surface area (Å²) in [7, 11) is 0. The molecule has 72 valence electrons. The van der Waals surface area contributed by atoms with Crippen LogP contribution in [0.3, 0.4) is 0 Å². The fraction of sp³-hybridized carbons (Fsp3) is 0.111. The first-order valence-electron chi connectivity index (χ1n) is 3.85. The van der Waals surface area contributed by atoms with Gasteiger partial charge in [-0.1, -0.05) is 21.1 Å². The van der Waals surface area contributed by atoms with Gasteiger partial charge in [0.25, 0.3) is 0 Å². The van der Waals surface area contributed by atoms with Gasteiger partial charge in [-0.25, -0.2) is 0 Å². The van der Waals surface area contributed by atoms with Gasteiger partial charge >= 0.3 is 0 Å². The molecule has 0 bridgehead atoms. The molecule has 0 saturated carbocycles. The van der Waals surface area contributed by atoms with Crippen LogP contribution < -0.4 is 5.43 Å². The summed E-state index contributed by atoms with van der Waals surface area (Å²) in [6.07, 6.45) is 0. The van der Waals surface area contributed by atoms with Crippen molar-refractivity contribution in [2.75, 3.05) is 0 Å². The van der Waals surface area contributed by atoms with E-state index in [0.717, 1.165) is 9.86 Å². The highest BCUT2D eigenvalue weighted by Crippen LogP contribution is 2.21. The Morgan fingerprint density at radius 3 is 2.79 bits per heavy atom. The van der Waals surface area contributed by atoms with Gasteiger partial charge in [-0.3, -0.25) is 4.79 Å². The van der Waals surface area contributed by atoms with Crippen LogP contribution in [0.2, 0.25) is 0 Å². The SMILES string of the molecule is Cc1noc2c(=O)c(Br)cc(Br)cc12. The van der Waals surface area contributed by atoms with E-state index in [1.54, 1.807) is 13.0 Å². The van der Waals surface area contributed by atoms with Gasteiger partial charge in [0.2, 0.25) is 11.0 Å². The highest BCUT2D eigenvalue weighted by atomic mass is 79.9. The molecule has 1 aromatic heterocycles. The Kier molecular flexibility index (Phi) is 2.45. The third-order valence-electron chi connectivity index (χ3n) is 1.88. The lowest BCUT2D eigenvalue weighted by atomic mass is 10.3. The molecule has 0 saturated heterocycles. The van der Waals surface area contributed by atoms with Crippen LogP contribution >= 0.6 is 31.9 Å². The van der Waals surface area contributed by atoms with Crippen LogP contribution in [0.15, 0.2) is 30.4 Å². The zero-order valence-corrected chi connectivity index (χ0v) is 10.3. The van der Waals surface area contributed by atoms with E-state index in [2.05, 4.69) is 37.0 Å². The lowest BCUT2D eigenvalue weighted by molar-refractivity contribution is 0.448. The first kappa shape index (κ1) is 9.86. The molecule has 0 fully saturated rings. The molecule has 0 radical (unpaired) electrons. The van der Waals surface area contributed by atoms with E-state index >= 15 is 0 Å². The summed E-state index contributed by atoms with van der Waals surface area (Å²) in [5.41, 5.74) is 0.798.